The second kappa shape index (κ2) is 7.67. The number of Topliss-reactive ketones (excluding diaryl/α,β-unsaturated/α-hetero) is 1. The zero-order chi connectivity index (χ0) is 13.4. The number of carbonyl (C=O) groups excluding carboxylic acids is 2. The van der Waals surface area contributed by atoms with E-state index in [2.05, 4.69) is 32.5 Å². The minimum atomic E-state index is -0.372. The van der Waals surface area contributed by atoms with Gasteiger partial charge >= 0.3 is 5.97 Å². The highest BCUT2D eigenvalue weighted by Crippen LogP contribution is 2.08. The van der Waals surface area contributed by atoms with Gasteiger partial charge in [0.05, 0.1) is 18.9 Å². The van der Waals surface area contributed by atoms with Crippen molar-refractivity contribution in [2.75, 3.05) is 12.4 Å². The average Bonchev–Trinajstić information content (AvgIpc) is 2.42. The molecule has 1 aromatic carbocycles. The van der Waals surface area contributed by atoms with Crippen molar-refractivity contribution < 1.29 is 14.3 Å². The third kappa shape index (κ3) is 4.72. The quantitative estimate of drug-likeness (QED) is 0.372. The Hall–Kier alpha value is -1.60. The van der Waals surface area contributed by atoms with Gasteiger partial charge in [-0.3, -0.25) is 9.59 Å². The van der Waals surface area contributed by atoms with Crippen LogP contribution in [-0.4, -0.2) is 24.2 Å². The van der Waals surface area contributed by atoms with Crippen molar-refractivity contribution in [2.24, 2.45) is 0 Å². The van der Waals surface area contributed by atoms with Gasteiger partial charge in [0.2, 0.25) is 0 Å². The van der Waals surface area contributed by atoms with Crippen LogP contribution in [0.3, 0.4) is 0 Å². The number of esters is 1. The first-order valence-electron chi connectivity index (χ1n) is 5.42. The van der Waals surface area contributed by atoms with Crippen molar-refractivity contribution in [2.45, 2.75) is 12.8 Å². The Morgan fingerprint density at radius 1 is 1.22 bits per heavy atom. The molecular formula is C14H13BrO3. The molecule has 0 saturated heterocycles. The lowest BCUT2D eigenvalue weighted by Crippen LogP contribution is -2.05. The number of methoxy groups -OCH3 is 1. The molecule has 1 rings (SSSR count). The molecule has 3 nitrogen and oxygen atoms in total. The van der Waals surface area contributed by atoms with Crippen LogP contribution in [0.25, 0.3) is 0 Å². The molecule has 18 heavy (non-hydrogen) atoms. The molecule has 0 fully saturated rings. The Morgan fingerprint density at radius 2 is 1.89 bits per heavy atom. The van der Waals surface area contributed by atoms with Crippen LogP contribution in [-0.2, 0) is 9.53 Å². The highest BCUT2D eigenvalue weighted by atomic mass is 79.9. The van der Waals surface area contributed by atoms with Gasteiger partial charge in [0, 0.05) is 17.5 Å². The largest absolute Gasteiger partial charge is 0.469 e. The van der Waals surface area contributed by atoms with Gasteiger partial charge in [0.25, 0.3) is 0 Å². The zero-order valence-corrected chi connectivity index (χ0v) is 11.6. The van der Waals surface area contributed by atoms with Crippen LogP contribution >= 0.6 is 15.9 Å². The van der Waals surface area contributed by atoms with Gasteiger partial charge in [-0.15, -0.1) is 0 Å². The summed E-state index contributed by atoms with van der Waals surface area (Å²) in [5.41, 5.74) is 1.45. The number of ketones is 1. The van der Waals surface area contributed by atoms with Crippen LogP contribution in [0.1, 0.15) is 28.8 Å². The summed E-state index contributed by atoms with van der Waals surface area (Å²) >= 11 is 3.21. The van der Waals surface area contributed by atoms with E-state index >= 15 is 0 Å². The molecule has 4 heteroatoms. The summed E-state index contributed by atoms with van der Waals surface area (Å²) in [6.07, 6.45) is 0.277. The summed E-state index contributed by atoms with van der Waals surface area (Å²) in [7, 11) is 1.31. The van der Waals surface area contributed by atoms with Crippen molar-refractivity contribution >= 4 is 27.7 Å². The molecule has 94 valence electrons. The van der Waals surface area contributed by atoms with Crippen molar-refractivity contribution in [1.82, 2.24) is 0 Å². The van der Waals surface area contributed by atoms with E-state index in [4.69, 9.17) is 0 Å². The first kappa shape index (κ1) is 14.5. The van der Waals surface area contributed by atoms with Gasteiger partial charge in [-0.2, -0.15) is 0 Å². The summed E-state index contributed by atoms with van der Waals surface area (Å²) < 4.78 is 4.49. The van der Waals surface area contributed by atoms with Crippen LogP contribution < -0.4 is 0 Å². The lowest BCUT2D eigenvalue weighted by Gasteiger charge is -2.00. The van der Waals surface area contributed by atoms with E-state index in [1.807, 2.05) is 0 Å². The van der Waals surface area contributed by atoms with E-state index in [9.17, 15) is 9.59 Å². The molecule has 0 heterocycles. The third-order valence-electron chi connectivity index (χ3n) is 2.29. The predicted octanol–water partition coefficient (Wildman–Crippen LogP) is 2.57. The molecule has 0 aromatic heterocycles. The van der Waals surface area contributed by atoms with Crippen molar-refractivity contribution in [1.29, 1.82) is 0 Å². The minimum Gasteiger partial charge on any atom is -0.469 e. The number of halogens is 1. The highest BCUT2D eigenvalue weighted by Gasteiger charge is 2.08. The summed E-state index contributed by atoms with van der Waals surface area (Å²) in [4.78, 5) is 22.7. The third-order valence-corrected chi connectivity index (χ3v) is 2.57. The van der Waals surface area contributed by atoms with Crippen molar-refractivity contribution in [3.05, 3.63) is 35.4 Å². The fourth-order valence-corrected chi connectivity index (χ4v) is 1.48. The molecule has 0 saturated carbocycles. The topological polar surface area (TPSA) is 43.4 Å². The Kier molecular flexibility index (Phi) is 6.16. The zero-order valence-electron chi connectivity index (χ0n) is 10.0. The summed E-state index contributed by atoms with van der Waals surface area (Å²) in [5.74, 6) is 5.38. The molecule has 0 spiro atoms. The lowest BCUT2D eigenvalue weighted by atomic mass is 10.0. The van der Waals surface area contributed by atoms with E-state index in [0.29, 0.717) is 10.9 Å². The number of rotatable bonds is 4. The fraction of sp³-hybridized carbons (Fsp3) is 0.286. The van der Waals surface area contributed by atoms with Gasteiger partial charge in [0.15, 0.2) is 5.78 Å². The first-order chi connectivity index (χ1) is 8.67. The second-order valence-corrected chi connectivity index (χ2v) is 4.07. The van der Waals surface area contributed by atoms with Crippen LogP contribution in [0.4, 0.5) is 0 Å². The minimum absolute atomic E-state index is 0.0691. The maximum atomic E-state index is 11.7. The molecule has 0 amide bonds. The number of alkyl halides is 1. The molecule has 0 unspecified atom stereocenters. The summed E-state index contributed by atoms with van der Waals surface area (Å²) in [6.45, 7) is 0. The molecule has 0 aliphatic heterocycles. The monoisotopic (exact) mass is 308 g/mol. The van der Waals surface area contributed by atoms with Crippen molar-refractivity contribution in [3.63, 3.8) is 0 Å². The van der Waals surface area contributed by atoms with E-state index < -0.39 is 0 Å². The number of carbonyl (C=O) groups is 2. The molecular weight excluding hydrogens is 296 g/mol. The van der Waals surface area contributed by atoms with E-state index in [-0.39, 0.29) is 24.6 Å². The van der Waals surface area contributed by atoms with Crippen LogP contribution in [0.2, 0.25) is 0 Å². The Bertz CT molecular complexity index is 480. The molecule has 0 radical (unpaired) electrons. The first-order valence-corrected chi connectivity index (χ1v) is 6.54. The summed E-state index contributed by atoms with van der Waals surface area (Å²) in [6, 6.07) is 7.03. The molecule has 0 bridgehead atoms. The maximum Gasteiger partial charge on any atom is 0.305 e. The normalized spacial score (nSPS) is 9.22. The van der Waals surface area contributed by atoms with Crippen molar-refractivity contribution in [3.8, 4) is 11.8 Å². The van der Waals surface area contributed by atoms with Gasteiger partial charge < -0.3 is 4.74 Å². The van der Waals surface area contributed by atoms with Crippen LogP contribution in [0.5, 0.6) is 0 Å². The van der Waals surface area contributed by atoms with Gasteiger partial charge in [0.1, 0.15) is 0 Å². The highest BCUT2D eigenvalue weighted by molar-refractivity contribution is 9.09. The SMILES string of the molecule is COC(=O)CCC(=O)c1ccc(C#CCBr)cc1. The number of benzene rings is 1. The van der Waals surface area contributed by atoms with Gasteiger partial charge in [-0.25, -0.2) is 0 Å². The molecule has 0 aliphatic rings. The molecule has 0 N–H and O–H groups in total. The average molecular weight is 309 g/mol. The molecule has 1 aromatic rings. The standard InChI is InChI=1S/C14H13BrO3/c1-18-14(17)9-8-13(16)12-6-4-11(5-7-12)3-2-10-15/h4-7H,8-10H2,1H3. The van der Waals surface area contributed by atoms with E-state index in [0.717, 1.165) is 5.56 Å². The second-order valence-electron chi connectivity index (χ2n) is 3.51. The summed E-state index contributed by atoms with van der Waals surface area (Å²) in [5, 5.41) is 0.618. The van der Waals surface area contributed by atoms with E-state index in [1.54, 1.807) is 24.3 Å². The Morgan fingerprint density at radius 3 is 2.44 bits per heavy atom. The smallest absolute Gasteiger partial charge is 0.305 e. The lowest BCUT2D eigenvalue weighted by molar-refractivity contribution is -0.140. The van der Waals surface area contributed by atoms with Crippen LogP contribution in [0, 0.1) is 11.8 Å². The number of ether oxygens (including phenoxy) is 1. The van der Waals surface area contributed by atoms with Gasteiger partial charge in [-0.1, -0.05) is 39.9 Å². The van der Waals surface area contributed by atoms with Crippen LogP contribution in [0.15, 0.2) is 24.3 Å². The number of hydrogen-bond donors (Lipinski definition) is 0. The Labute approximate surface area is 115 Å². The Balaban J connectivity index is 2.62. The van der Waals surface area contributed by atoms with E-state index in [1.165, 1.54) is 7.11 Å². The molecule has 0 atom stereocenters. The van der Waals surface area contributed by atoms with Gasteiger partial charge in [-0.05, 0) is 12.1 Å². The fourth-order valence-electron chi connectivity index (χ4n) is 1.34. The molecule has 0 aliphatic carbocycles. The number of hydrogen-bond acceptors (Lipinski definition) is 3. The maximum absolute atomic E-state index is 11.7. The predicted molar refractivity (Wildman–Crippen MR) is 72.7 cm³/mol.